The molecule has 21 heavy (non-hydrogen) atoms. The molecular weight excluding hydrogens is 268 g/mol. The predicted molar refractivity (Wildman–Crippen MR) is 79.8 cm³/mol. The van der Waals surface area contributed by atoms with Crippen LogP contribution < -0.4 is 9.64 Å². The van der Waals surface area contributed by atoms with Gasteiger partial charge in [0.1, 0.15) is 5.75 Å². The van der Waals surface area contributed by atoms with Gasteiger partial charge < -0.3 is 14.7 Å². The highest BCUT2D eigenvalue weighted by molar-refractivity contribution is 5.82. The van der Waals surface area contributed by atoms with E-state index in [4.69, 9.17) is 4.74 Å². The number of anilines is 1. The summed E-state index contributed by atoms with van der Waals surface area (Å²) in [4.78, 5) is 14.1. The quantitative estimate of drug-likeness (QED) is 0.796. The first-order chi connectivity index (χ1) is 10.1. The third kappa shape index (κ3) is 2.69. The van der Waals surface area contributed by atoms with Gasteiger partial charge in [-0.05, 0) is 30.3 Å². The lowest BCUT2D eigenvalue weighted by Crippen LogP contribution is -2.07. The van der Waals surface area contributed by atoms with E-state index in [0.29, 0.717) is 16.7 Å². The second kappa shape index (κ2) is 5.24. The van der Waals surface area contributed by atoms with E-state index in [1.165, 1.54) is 0 Å². The monoisotopic (exact) mass is 282 g/mol. The predicted octanol–water partition coefficient (Wildman–Crippen LogP) is 2.59. The van der Waals surface area contributed by atoms with Gasteiger partial charge in [-0.3, -0.25) is 4.98 Å². The van der Waals surface area contributed by atoms with Gasteiger partial charge in [0.25, 0.3) is 0 Å². The lowest BCUT2D eigenvalue weighted by Gasteiger charge is -2.12. The number of benzene rings is 1. The molecule has 0 saturated carbocycles. The number of pyridine rings is 1. The summed E-state index contributed by atoms with van der Waals surface area (Å²) >= 11 is 0. The summed E-state index contributed by atoms with van der Waals surface area (Å²) in [5.41, 5.74) is 1.60. The second-order valence-electron chi connectivity index (χ2n) is 4.71. The fraction of sp³-hybridized carbons (Fsp3) is 0.133. The summed E-state index contributed by atoms with van der Waals surface area (Å²) in [6.07, 6.45) is 3.13. The summed E-state index contributed by atoms with van der Waals surface area (Å²) in [6.45, 7) is 0. The number of ether oxygens (including phenoxy) is 1. The van der Waals surface area contributed by atoms with Crippen molar-refractivity contribution in [3.05, 3.63) is 42.7 Å². The Labute approximate surface area is 121 Å². The van der Waals surface area contributed by atoms with Gasteiger partial charge in [0, 0.05) is 26.0 Å². The standard InChI is InChI=1S/C15H14N4O2/c1-19(2)10-3-5-11(6-4-10)21-15-17-13-9-16-8-7-12(13)14(20)18-15/h3-9H,1-2H3,(H,17,18,20). The van der Waals surface area contributed by atoms with Crippen LogP contribution in [0.25, 0.3) is 10.9 Å². The molecule has 0 atom stereocenters. The van der Waals surface area contributed by atoms with Crippen LogP contribution in [0.15, 0.2) is 42.7 Å². The first-order valence-electron chi connectivity index (χ1n) is 6.39. The zero-order valence-electron chi connectivity index (χ0n) is 11.7. The van der Waals surface area contributed by atoms with E-state index in [1.54, 1.807) is 18.5 Å². The summed E-state index contributed by atoms with van der Waals surface area (Å²) in [7, 11) is 3.93. The van der Waals surface area contributed by atoms with Gasteiger partial charge >= 0.3 is 6.01 Å². The van der Waals surface area contributed by atoms with Crippen LogP contribution in [0, 0.1) is 0 Å². The minimum Gasteiger partial charge on any atom is -0.493 e. The van der Waals surface area contributed by atoms with Gasteiger partial charge in [-0.1, -0.05) is 0 Å². The Morgan fingerprint density at radius 1 is 1.05 bits per heavy atom. The number of rotatable bonds is 3. The van der Waals surface area contributed by atoms with Gasteiger partial charge in [0.05, 0.1) is 17.1 Å². The van der Waals surface area contributed by atoms with Crippen LogP contribution in [0.4, 0.5) is 5.69 Å². The maximum absolute atomic E-state index is 9.88. The maximum atomic E-state index is 9.88. The molecule has 1 N–H and O–H groups in total. The average Bonchev–Trinajstić information content (AvgIpc) is 2.48. The van der Waals surface area contributed by atoms with Gasteiger partial charge in [-0.15, -0.1) is 0 Å². The van der Waals surface area contributed by atoms with Crippen LogP contribution >= 0.6 is 0 Å². The molecule has 0 amide bonds. The van der Waals surface area contributed by atoms with Crippen LogP contribution in [-0.4, -0.2) is 34.2 Å². The summed E-state index contributed by atoms with van der Waals surface area (Å²) in [6, 6.07) is 9.24. The first kappa shape index (κ1) is 13.1. The zero-order chi connectivity index (χ0) is 14.8. The van der Waals surface area contributed by atoms with Crippen molar-refractivity contribution in [3.63, 3.8) is 0 Å². The highest BCUT2D eigenvalue weighted by Gasteiger charge is 2.08. The molecule has 0 unspecified atom stereocenters. The van der Waals surface area contributed by atoms with Crippen LogP contribution in [-0.2, 0) is 0 Å². The van der Waals surface area contributed by atoms with E-state index < -0.39 is 0 Å². The molecule has 0 aliphatic rings. The highest BCUT2D eigenvalue weighted by atomic mass is 16.5. The largest absolute Gasteiger partial charge is 0.493 e. The molecule has 106 valence electrons. The Kier molecular flexibility index (Phi) is 3.27. The summed E-state index contributed by atoms with van der Waals surface area (Å²) in [5, 5.41) is 10.4. The Hall–Kier alpha value is -2.89. The molecule has 0 fully saturated rings. The van der Waals surface area contributed by atoms with E-state index >= 15 is 0 Å². The van der Waals surface area contributed by atoms with Gasteiger partial charge in [0.2, 0.25) is 5.88 Å². The molecule has 1 aromatic carbocycles. The molecule has 0 saturated heterocycles. The Balaban J connectivity index is 1.91. The number of hydrogen-bond acceptors (Lipinski definition) is 6. The summed E-state index contributed by atoms with van der Waals surface area (Å²) in [5.74, 6) is 0.477. The van der Waals surface area contributed by atoms with Gasteiger partial charge in [-0.2, -0.15) is 9.97 Å². The van der Waals surface area contributed by atoms with Gasteiger partial charge in [-0.25, -0.2) is 0 Å². The third-order valence-electron chi connectivity index (χ3n) is 3.02. The Bertz CT molecular complexity index is 772. The minimum absolute atomic E-state index is 0.0885. The lowest BCUT2D eigenvalue weighted by molar-refractivity contribution is 0.412. The fourth-order valence-corrected chi connectivity index (χ4v) is 1.91. The third-order valence-corrected chi connectivity index (χ3v) is 3.02. The van der Waals surface area contributed by atoms with Crippen molar-refractivity contribution in [3.8, 4) is 17.6 Å². The SMILES string of the molecule is CN(C)c1ccc(Oc2nc(O)c3ccncc3n2)cc1. The molecule has 6 nitrogen and oxygen atoms in total. The van der Waals surface area contributed by atoms with E-state index in [0.717, 1.165) is 5.69 Å². The molecule has 2 aromatic heterocycles. The molecule has 6 heteroatoms. The van der Waals surface area contributed by atoms with Crippen molar-refractivity contribution in [2.45, 2.75) is 0 Å². The minimum atomic E-state index is -0.123. The number of nitrogens with zero attached hydrogens (tertiary/aromatic N) is 4. The van der Waals surface area contributed by atoms with Crippen molar-refractivity contribution >= 4 is 16.6 Å². The van der Waals surface area contributed by atoms with Crippen molar-refractivity contribution in [1.29, 1.82) is 0 Å². The molecule has 3 rings (SSSR count). The van der Waals surface area contributed by atoms with Crippen LogP contribution in [0.3, 0.4) is 0 Å². The number of aromatic hydroxyl groups is 1. The van der Waals surface area contributed by atoms with Crippen molar-refractivity contribution in [2.75, 3.05) is 19.0 Å². The molecule has 0 spiro atoms. The van der Waals surface area contributed by atoms with E-state index in [-0.39, 0.29) is 11.9 Å². The molecule has 0 aliphatic heterocycles. The van der Waals surface area contributed by atoms with Crippen LogP contribution in [0.1, 0.15) is 0 Å². The number of hydrogen-bond donors (Lipinski definition) is 1. The van der Waals surface area contributed by atoms with Crippen molar-refractivity contribution in [1.82, 2.24) is 15.0 Å². The average molecular weight is 282 g/mol. The van der Waals surface area contributed by atoms with Crippen LogP contribution in [0.2, 0.25) is 0 Å². The van der Waals surface area contributed by atoms with Crippen molar-refractivity contribution in [2.24, 2.45) is 0 Å². The van der Waals surface area contributed by atoms with Crippen LogP contribution in [0.5, 0.6) is 17.6 Å². The molecular formula is C15H14N4O2. The highest BCUT2D eigenvalue weighted by Crippen LogP contribution is 2.26. The van der Waals surface area contributed by atoms with E-state index in [1.807, 2.05) is 43.3 Å². The lowest BCUT2D eigenvalue weighted by atomic mass is 10.3. The fourth-order valence-electron chi connectivity index (χ4n) is 1.91. The molecule has 0 bridgehead atoms. The topological polar surface area (TPSA) is 71.4 Å². The van der Waals surface area contributed by atoms with Crippen molar-refractivity contribution < 1.29 is 9.84 Å². The normalized spacial score (nSPS) is 10.6. The smallest absolute Gasteiger partial charge is 0.325 e. The number of aromatic nitrogens is 3. The Morgan fingerprint density at radius 3 is 2.52 bits per heavy atom. The van der Waals surface area contributed by atoms with E-state index in [2.05, 4.69) is 15.0 Å². The maximum Gasteiger partial charge on any atom is 0.325 e. The Morgan fingerprint density at radius 2 is 1.81 bits per heavy atom. The summed E-state index contributed by atoms with van der Waals surface area (Å²) < 4.78 is 5.57. The molecule has 0 aliphatic carbocycles. The second-order valence-corrected chi connectivity index (χ2v) is 4.71. The zero-order valence-corrected chi connectivity index (χ0v) is 11.7. The first-order valence-corrected chi connectivity index (χ1v) is 6.39. The number of fused-ring (bicyclic) bond motifs is 1. The molecule has 3 aromatic rings. The van der Waals surface area contributed by atoms with Gasteiger partial charge in [0.15, 0.2) is 0 Å². The molecule has 0 radical (unpaired) electrons. The van der Waals surface area contributed by atoms with E-state index in [9.17, 15) is 5.11 Å². The molecule has 2 heterocycles.